The van der Waals surface area contributed by atoms with E-state index in [0.717, 1.165) is 102 Å². The molecule has 0 radical (unpaired) electrons. The van der Waals surface area contributed by atoms with Gasteiger partial charge in [0.15, 0.2) is 12.2 Å². The van der Waals surface area contributed by atoms with Crippen LogP contribution in [0.2, 0.25) is 0 Å². The number of ether oxygens (including phenoxy) is 4. The Morgan fingerprint density at radius 3 is 0.792 bits per heavy atom. The largest absolute Gasteiger partial charge is 0.472 e. The summed E-state index contributed by atoms with van der Waals surface area (Å²) in [4.78, 5) is 72.9. The molecule has 0 aromatic rings. The zero-order valence-corrected chi connectivity index (χ0v) is 64.5. The molecular formula is C77H150O17P2. The average molecular weight is 1410 g/mol. The van der Waals surface area contributed by atoms with Gasteiger partial charge < -0.3 is 33.8 Å². The SMILES string of the molecule is CCCCCCCCCCCCCCCCCCCC(=O)O[C@H](COC(=O)CCCCCCCCCCCCC(C)CC)COP(=O)(O)OC[C@@H](O)COP(=O)(O)OC[C@@H](COC(=O)CCCCCCCCCCC(C)C)OC(=O)CCCCCCCCCCCCCCCC. The van der Waals surface area contributed by atoms with Crippen molar-refractivity contribution < 1.29 is 80.2 Å². The molecule has 17 nitrogen and oxygen atoms in total. The third-order valence-electron chi connectivity index (χ3n) is 18.3. The van der Waals surface area contributed by atoms with Crippen LogP contribution in [0.15, 0.2) is 0 Å². The van der Waals surface area contributed by atoms with Crippen molar-refractivity contribution in [3.8, 4) is 0 Å². The molecule has 0 spiro atoms. The van der Waals surface area contributed by atoms with E-state index in [2.05, 4.69) is 41.5 Å². The maximum atomic E-state index is 13.1. The zero-order chi connectivity index (χ0) is 70.7. The van der Waals surface area contributed by atoms with Crippen LogP contribution in [0, 0.1) is 11.8 Å². The third kappa shape index (κ3) is 69.2. The minimum atomic E-state index is -4.96. The molecular weight excluding hydrogens is 1260 g/mol. The van der Waals surface area contributed by atoms with Gasteiger partial charge in [0.2, 0.25) is 0 Å². The van der Waals surface area contributed by atoms with Crippen molar-refractivity contribution in [3.05, 3.63) is 0 Å². The first-order valence-electron chi connectivity index (χ1n) is 40.0. The van der Waals surface area contributed by atoms with E-state index in [1.807, 2.05) is 0 Å². The summed E-state index contributed by atoms with van der Waals surface area (Å²) in [5.74, 6) is -0.576. The molecule has 0 aliphatic rings. The van der Waals surface area contributed by atoms with Gasteiger partial charge in [0.1, 0.15) is 19.3 Å². The number of aliphatic hydroxyl groups is 1. The lowest BCUT2D eigenvalue weighted by Crippen LogP contribution is -2.30. The van der Waals surface area contributed by atoms with Crippen LogP contribution in [0.4, 0.5) is 0 Å². The Labute approximate surface area is 588 Å². The second kappa shape index (κ2) is 68.8. The van der Waals surface area contributed by atoms with Crippen molar-refractivity contribution in [1.29, 1.82) is 0 Å². The summed E-state index contributed by atoms with van der Waals surface area (Å²) < 4.78 is 68.6. The van der Waals surface area contributed by atoms with Crippen LogP contribution in [-0.2, 0) is 65.4 Å². The molecule has 0 aliphatic heterocycles. The molecule has 6 atom stereocenters. The Morgan fingerprint density at radius 2 is 0.531 bits per heavy atom. The fourth-order valence-electron chi connectivity index (χ4n) is 11.8. The van der Waals surface area contributed by atoms with Crippen LogP contribution in [0.5, 0.6) is 0 Å². The molecule has 0 aliphatic carbocycles. The van der Waals surface area contributed by atoms with Gasteiger partial charge in [-0.1, -0.05) is 350 Å². The van der Waals surface area contributed by atoms with Crippen molar-refractivity contribution in [2.45, 2.75) is 419 Å². The normalized spacial score (nSPS) is 14.3. The van der Waals surface area contributed by atoms with Gasteiger partial charge >= 0.3 is 39.5 Å². The van der Waals surface area contributed by atoms with E-state index in [4.69, 9.17) is 37.0 Å². The van der Waals surface area contributed by atoms with Gasteiger partial charge in [0, 0.05) is 25.7 Å². The summed E-state index contributed by atoms with van der Waals surface area (Å²) in [6.45, 7) is 9.61. The number of phosphoric ester groups is 2. The summed E-state index contributed by atoms with van der Waals surface area (Å²) in [6.07, 6.45) is 56.7. The van der Waals surface area contributed by atoms with Crippen molar-refractivity contribution in [2.24, 2.45) is 11.8 Å². The highest BCUT2D eigenvalue weighted by atomic mass is 31.2. The molecule has 0 saturated heterocycles. The number of carbonyl (C=O) groups excluding carboxylic acids is 4. The molecule has 0 aromatic carbocycles. The fourth-order valence-corrected chi connectivity index (χ4v) is 13.4. The minimum Gasteiger partial charge on any atom is -0.462 e. The standard InChI is InChI=1S/C77H150O17P2/c1-7-10-12-14-16-18-20-22-24-25-26-28-30-36-44-50-56-62-77(82)93-72(65-87-74(79)59-53-47-41-34-32-31-33-40-46-52-58-70(6)9-3)67-91-95(83,84)89-63-71(78)64-90-96(85,86)92-68-73(66-88-75(80)60-54-48-42-38-37-39-45-51-57-69(4)5)94-76(81)61-55-49-43-35-29-27-23-21-19-17-15-13-11-8-2/h69-73,78H,7-68H2,1-6H3,(H,83,84)(H,85,86)/t70?,71-,72-,73-/m1/s1. The van der Waals surface area contributed by atoms with Crippen LogP contribution in [-0.4, -0.2) is 96.7 Å². The maximum absolute atomic E-state index is 13.1. The van der Waals surface area contributed by atoms with Gasteiger partial charge in [0.25, 0.3) is 0 Å². The summed E-state index contributed by atoms with van der Waals surface area (Å²) in [7, 11) is -9.91. The van der Waals surface area contributed by atoms with Crippen LogP contribution < -0.4 is 0 Å². The second-order valence-electron chi connectivity index (χ2n) is 28.5. The van der Waals surface area contributed by atoms with E-state index in [1.165, 1.54) is 218 Å². The van der Waals surface area contributed by atoms with Crippen LogP contribution in [0.25, 0.3) is 0 Å². The van der Waals surface area contributed by atoms with Gasteiger partial charge in [-0.05, 0) is 37.5 Å². The van der Waals surface area contributed by atoms with Gasteiger partial charge in [-0.25, -0.2) is 9.13 Å². The molecule has 0 bridgehead atoms. The van der Waals surface area contributed by atoms with Crippen LogP contribution in [0.3, 0.4) is 0 Å². The average Bonchev–Trinajstić information content (AvgIpc) is 1.39. The van der Waals surface area contributed by atoms with Crippen molar-refractivity contribution in [2.75, 3.05) is 39.6 Å². The Balaban J connectivity index is 5.26. The Morgan fingerprint density at radius 1 is 0.302 bits per heavy atom. The van der Waals surface area contributed by atoms with Crippen molar-refractivity contribution >= 4 is 39.5 Å². The lowest BCUT2D eigenvalue weighted by atomic mass is 9.99. The van der Waals surface area contributed by atoms with Crippen molar-refractivity contribution in [3.63, 3.8) is 0 Å². The Bertz CT molecular complexity index is 1860. The van der Waals surface area contributed by atoms with E-state index >= 15 is 0 Å². The minimum absolute atomic E-state index is 0.107. The number of hydrogen-bond acceptors (Lipinski definition) is 15. The summed E-state index contributed by atoms with van der Waals surface area (Å²) in [5.41, 5.74) is 0. The van der Waals surface area contributed by atoms with Gasteiger partial charge in [-0.2, -0.15) is 0 Å². The predicted octanol–water partition coefficient (Wildman–Crippen LogP) is 22.7. The van der Waals surface area contributed by atoms with E-state index in [0.29, 0.717) is 25.7 Å². The second-order valence-corrected chi connectivity index (χ2v) is 31.4. The monoisotopic (exact) mass is 1410 g/mol. The molecule has 0 rings (SSSR count). The number of esters is 4. The lowest BCUT2D eigenvalue weighted by Gasteiger charge is -2.21. The van der Waals surface area contributed by atoms with Crippen LogP contribution >= 0.6 is 15.6 Å². The highest BCUT2D eigenvalue weighted by Crippen LogP contribution is 2.45. The van der Waals surface area contributed by atoms with E-state index in [9.17, 15) is 43.2 Å². The first kappa shape index (κ1) is 94.1. The van der Waals surface area contributed by atoms with Gasteiger partial charge in [-0.15, -0.1) is 0 Å². The topological polar surface area (TPSA) is 237 Å². The number of hydrogen-bond donors (Lipinski definition) is 3. The van der Waals surface area contributed by atoms with E-state index in [1.54, 1.807) is 0 Å². The number of phosphoric acid groups is 2. The Hall–Kier alpha value is -1.94. The molecule has 0 amide bonds. The summed E-state index contributed by atoms with van der Waals surface area (Å²) in [5, 5.41) is 10.6. The number of aliphatic hydroxyl groups excluding tert-OH is 1. The van der Waals surface area contributed by atoms with Gasteiger partial charge in [-0.3, -0.25) is 37.3 Å². The van der Waals surface area contributed by atoms with E-state index < -0.39 is 97.5 Å². The summed E-state index contributed by atoms with van der Waals surface area (Å²) >= 11 is 0. The smallest absolute Gasteiger partial charge is 0.462 e. The molecule has 0 aromatic heterocycles. The highest BCUT2D eigenvalue weighted by Gasteiger charge is 2.30. The van der Waals surface area contributed by atoms with Gasteiger partial charge in [0.05, 0.1) is 26.4 Å². The number of carbonyl (C=O) groups is 4. The van der Waals surface area contributed by atoms with Crippen molar-refractivity contribution in [1.82, 2.24) is 0 Å². The number of rotatable bonds is 76. The quantitative estimate of drug-likeness (QED) is 0.0222. The summed E-state index contributed by atoms with van der Waals surface area (Å²) in [6, 6.07) is 0. The maximum Gasteiger partial charge on any atom is 0.472 e. The highest BCUT2D eigenvalue weighted by molar-refractivity contribution is 7.47. The molecule has 3 unspecified atom stereocenters. The Kier molecular flexibility index (Phi) is 67.4. The molecule has 96 heavy (non-hydrogen) atoms. The zero-order valence-electron chi connectivity index (χ0n) is 62.7. The van der Waals surface area contributed by atoms with E-state index in [-0.39, 0.29) is 25.7 Å². The number of unbranched alkanes of at least 4 members (excludes halogenated alkanes) is 45. The molecule has 570 valence electrons. The molecule has 0 heterocycles. The van der Waals surface area contributed by atoms with Crippen LogP contribution in [0.1, 0.15) is 401 Å². The molecule has 0 saturated carbocycles. The fraction of sp³-hybridized carbons (Fsp3) is 0.948. The molecule has 0 fully saturated rings. The predicted molar refractivity (Wildman–Crippen MR) is 391 cm³/mol. The third-order valence-corrected chi connectivity index (χ3v) is 20.2. The molecule has 3 N–H and O–H groups in total. The first-order valence-corrected chi connectivity index (χ1v) is 43.0. The lowest BCUT2D eigenvalue weighted by molar-refractivity contribution is -0.161. The molecule has 19 heteroatoms. The first-order chi connectivity index (χ1) is 46.4.